The molecule has 26 heavy (non-hydrogen) atoms. The maximum atomic E-state index is 12.0. The summed E-state index contributed by atoms with van der Waals surface area (Å²) in [5, 5.41) is 15.7. The number of ether oxygens (including phenoxy) is 1. The van der Waals surface area contributed by atoms with Crippen molar-refractivity contribution in [3.05, 3.63) is 52.9 Å². The van der Waals surface area contributed by atoms with E-state index in [1.54, 1.807) is 54.3 Å². The van der Waals surface area contributed by atoms with Gasteiger partial charge in [-0.3, -0.25) is 0 Å². The topological polar surface area (TPSA) is 101 Å². The number of nitrogens with one attached hydrogen (secondary N) is 2. The maximum Gasteiger partial charge on any atom is 0.356 e. The van der Waals surface area contributed by atoms with Crippen LogP contribution in [-0.2, 0) is 11.8 Å². The van der Waals surface area contributed by atoms with E-state index < -0.39 is 5.97 Å². The number of aryl methyl sites for hydroxylation is 1. The SMILES string of the molecule is COC(=O)c1c(Nc2nc(Nc3cccc(O)c3)ncc2Br)ccn1C. The van der Waals surface area contributed by atoms with Gasteiger partial charge in [-0.25, -0.2) is 9.78 Å². The number of phenols is 1. The van der Waals surface area contributed by atoms with Gasteiger partial charge in [-0.15, -0.1) is 0 Å². The number of hydrogen-bond acceptors (Lipinski definition) is 7. The highest BCUT2D eigenvalue weighted by Gasteiger charge is 2.17. The second-order valence-corrected chi connectivity index (χ2v) is 6.23. The summed E-state index contributed by atoms with van der Waals surface area (Å²) in [6, 6.07) is 8.38. The lowest BCUT2D eigenvalue weighted by atomic mass is 10.3. The zero-order valence-corrected chi connectivity index (χ0v) is 15.6. The predicted molar refractivity (Wildman–Crippen MR) is 101 cm³/mol. The number of esters is 1. The first kappa shape index (κ1) is 17.7. The van der Waals surface area contributed by atoms with Crippen LogP contribution in [0.2, 0.25) is 0 Å². The molecule has 0 spiro atoms. The van der Waals surface area contributed by atoms with Crippen LogP contribution in [0.1, 0.15) is 10.5 Å². The Morgan fingerprint density at radius 1 is 1.31 bits per heavy atom. The van der Waals surface area contributed by atoms with Gasteiger partial charge in [0.1, 0.15) is 11.6 Å². The number of aromatic hydroxyl groups is 1. The average molecular weight is 418 g/mol. The molecule has 0 aliphatic heterocycles. The van der Waals surface area contributed by atoms with Crippen LogP contribution in [0, 0.1) is 0 Å². The van der Waals surface area contributed by atoms with E-state index in [4.69, 9.17) is 4.74 Å². The minimum Gasteiger partial charge on any atom is -0.508 e. The third-order valence-corrected chi connectivity index (χ3v) is 4.13. The summed E-state index contributed by atoms with van der Waals surface area (Å²) in [5.74, 6) is 0.483. The smallest absolute Gasteiger partial charge is 0.356 e. The van der Waals surface area contributed by atoms with Crippen LogP contribution < -0.4 is 10.6 Å². The van der Waals surface area contributed by atoms with Crippen molar-refractivity contribution in [1.82, 2.24) is 14.5 Å². The van der Waals surface area contributed by atoms with Crippen LogP contribution in [0.3, 0.4) is 0 Å². The molecule has 1 aromatic carbocycles. The molecular weight excluding hydrogens is 402 g/mol. The highest BCUT2D eigenvalue weighted by Crippen LogP contribution is 2.28. The quantitative estimate of drug-likeness (QED) is 0.545. The van der Waals surface area contributed by atoms with Gasteiger partial charge in [0.15, 0.2) is 5.69 Å². The first-order valence-electron chi connectivity index (χ1n) is 7.57. The molecule has 2 aromatic heterocycles. The van der Waals surface area contributed by atoms with Gasteiger partial charge in [-0.2, -0.15) is 4.98 Å². The normalized spacial score (nSPS) is 10.4. The largest absolute Gasteiger partial charge is 0.508 e. The number of carbonyl (C=O) groups excluding carboxylic acids is 1. The van der Waals surface area contributed by atoms with Crippen LogP contribution in [0.25, 0.3) is 0 Å². The van der Waals surface area contributed by atoms with E-state index in [1.165, 1.54) is 7.11 Å². The third-order valence-electron chi connectivity index (χ3n) is 3.55. The monoisotopic (exact) mass is 417 g/mol. The van der Waals surface area contributed by atoms with Crippen molar-refractivity contribution in [3.63, 3.8) is 0 Å². The number of rotatable bonds is 5. The maximum absolute atomic E-state index is 12.0. The fourth-order valence-corrected chi connectivity index (χ4v) is 2.63. The molecule has 0 aliphatic carbocycles. The van der Waals surface area contributed by atoms with E-state index in [1.807, 2.05) is 0 Å². The summed E-state index contributed by atoms with van der Waals surface area (Å²) in [5.41, 5.74) is 1.58. The van der Waals surface area contributed by atoms with Crippen molar-refractivity contribution >= 4 is 45.0 Å². The molecule has 3 aromatic rings. The van der Waals surface area contributed by atoms with Gasteiger partial charge in [0.25, 0.3) is 0 Å². The number of benzene rings is 1. The number of halogens is 1. The zero-order chi connectivity index (χ0) is 18.7. The number of aromatic nitrogens is 3. The molecule has 0 unspecified atom stereocenters. The number of hydrogen-bond donors (Lipinski definition) is 3. The Bertz CT molecular complexity index is 957. The number of anilines is 4. The molecule has 0 bridgehead atoms. The molecule has 0 fully saturated rings. The van der Waals surface area contributed by atoms with Gasteiger partial charge < -0.3 is 25.0 Å². The van der Waals surface area contributed by atoms with Gasteiger partial charge in [-0.05, 0) is 34.1 Å². The van der Waals surface area contributed by atoms with E-state index in [9.17, 15) is 9.90 Å². The molecule has 0 radical (unpaired) electrons. The number of phenolic OH excluding ortho intramolecular Hbond substituents is 1. The van der Waals surface area contributed by atoms with Crippen molar-refractivity contribution in [3.8, 4) is 5.75 Å². The summed E-state index contributed by atoms with van der Waals surface area (Å²) >= 11 is 3.39. The van der Waals surface area contributed by atoms with Gasteiger partial charge in [0.2, 0.25) is 5.95 Å². The van der Waals surface area contributed by atoms with Crippen LogP contribution in [-0.4, -0.2) is 32.7 Å². The molecule has 0 atom stereocenters. The Hall–Kier alpha value is -3.07. The summed E-state index contributed by atoms with van der Waals surface area (Å²) in [6.07, 6.45) is 3.33. The van der Waals surface area contributed by atoms with Crippen LogP contribution in [0.4, 0.5) is 23.1 Å². The second kappa shape index (κ2) is 7.44. The van der Waals surface area contributed by atoms with Crippen molar-refractivity contribution in [1.29, 1.82) is 0 Å². The van der Waals surface area contributed by atoms with Crippen LogP contribution in [0.5, 0.6) is 5.75 Å². The molecule has 3 rings (SSSR count). The summed E-state index contributed by atoms with van der Waals surface area (Å²) in [7, 11) is 3.08. The second-order valence-electron chi connectivity index (χ2n) is 5.37. The molecule has 3 N–H and O–H groups in total. The number of methoxy groups -OCH3 is 1. The van der Waals surface area contributed by atoms with Gasteiger partial charge in [-0.1, -0.05) is 6.07 Å². The summed E-state index contributed by atoms with van der Waals surface area (Å²) in [4.78, 5) is 20.6. The Labute approximate surface area is 158 Å². The molecule has 0 amide bonds. The standard InChI is InChI=1S/C17H16BrN5O3/c1-23-7-6-13(14(23)16(25)26-2)21-15-12(18)9-19-17(22-15)20-10-4-3-5-11(24)8-10/h3-9,24H,1-2H3,(H2,19,20,21,22). The molecule has 8 nitrogen and oxygen atoms in total. The van der Waals surface area contributed by atoms with Gasteiger partial charge in [0.05, 0.1) is 17.3 Å². The molecular formula is C17H16BrN5O3. The predicted octanol–water partition coefficient (Wildman–Crippen LogP) is 3.56. The lowest BCUT2D eigenvalue weighted by molar-refractivity contribution is 0.0591. The average Bonchev–Trinajstić information content (AvgIpc) is 2.97. The van der Waals surface area contributed by atoms with E-state index in [-0.39, 0.29) is 5.75 Å². The summed E-state index contributed by atoms with van der Waals surface area (Å²) < 4.78 is 7.10. The Morgan fingerprint density at radius 3 is 2.85 bits per heavy atom. The fourth-order valence-electron chi connectivity index (χ4n) is 2.34. The first-order valence-corrected chi connectivity index (χ1v) is 8.36. The van der Waals surface area contributed by atoms with Gasteiger partial charge in [0, 0.05) is 31.2 Å². The molecule has 0 saturated heterocycles. The first-order chi connectivity index (χ1) is 12.5. The lowest BCUT2D eigenvalue weighted by Crippen LogP contribution is -2.10. The molecule has 0 aliphatic rings. The van der Waals surface area contributed by atoms with Gasteiger partial charge >= 0.3 is 5.97 Å². The molecule has 0 saturated carbocycles. The zero-order valence-electron chi connectivity index (χ0n) is 14.0. The molecule has 134 valence electrons. The summed E-state index contributed by atoms with van der Waals surface area (Å²) in [6.45, 7) is 0. The van der Waals surface area contributed by atoms with Crippen molar-refractivity contribution in [2.75, 3.05) is 17.7 Å². The Kier molecular flexibility index (Phi) is 5.08. The van der Waals surface area contributed by atoms with Crippen LogP contribution >= 0.6 is 15.9 Å². The van der Waals surface area contributed by atoms with E-state index in [2.05, 4.69) is 36.5 Å². The minimum absolute atomic E-state index is 0.137. The number of carbonyl (C=O) groups is 1. The Morgan fingerprint density at radius 2 is 2.12 bits per heavy atom. The fraction of sp³-hybridized carbons (Fsp3) is 0.118. The minimum atomic E-state index is -0.455. The Balaban J connectivity index is 1.88. The highest BCUT2D eigenvalue weighted by molar-refractivity contribution is 9.10. The lowest BCUT2D eigenvalue weighted by Gasteiger charge is -2.11. The molecule has 9 heteroatoms. The molecule has 2 heterocycles. The highest BCUT2D eigenvalue weighted by atomic mass is 79.9. The van der Waals surface area contributed by atoms with Crippen molar-refractivity contribution in [2.45, 2.75) is 0 Å². The van der Waals surface area contributed by atoms with E-state index >= 15 is 0 Å². The third kappa shape index (κ3) is 3.77. The van der Waals surface area contributed by atoms with Crippen molar-refractivity contribution in [2.24, 2.45) is 7.05 Å². The van der Waals surface area contributed by atoms with E-state index in [0.29, 0.717) is 33.3 Å². The van der Waals surface area contributed by atoms with Crippen LogP contribution in [0.15, 0.2) is 47.2 Å². The van der Waals surface area contributed by atoms with Crippen molar-refractivity contribution < 1.29 is 14.6 Å². The number of nitrogens with zero attached hydrogens (tertiary/aromatic N) is 3. The van der Waals surface area contributed by atoms with E-state index in [0.717, 1.165) is 0 Å².